The second-order valence-electron chi connectivity index (χ2n) is 7.11. The highest BCUT2D eigenvalue weighted by atomic mass is 32.1. The lowest BCUT2D eigenvalue weighted by Gasteiger charge is -2.14. The average molecular weight is 403 g/mol. The van der Waals surface area contributed by atoms with Crippen LogP contribution in [0.15, 0.2) is 24.3 Å². The fourth-order valence-corrected chi connectivity index (χ4v) is 4.12. The van der Waals surface area contributed by atoms with Crippen LogP contribution in [0.25, 0.3) is 10.6 Å². The highest BCUT2D eigenvalue weighted by Crippen LogP contribution is 2.29. The molecule has 0 radical (unpaired) electrons. The predicted molar refractivity (Wildman–Crippen MR) is 109 cm³/mol. The number of hydrogen-bond acceptors (Lipinski definition) is 6. The Morgan fingerprint density at radius 2 is 2.07 bits per heavy atom. The number of nitrogens with zero attached hydrogens (tertiary/aromatic N) is 2. The van der Waals surface area contributed by atoms with Crippen molar-refractivity contribution in [3.63, 3.8) is 0 Å². The number of methoxy groups -OCH3 is 1. The molecule has 8 heteroatoms. The maximum absolute atomic E-state index is 12.3. The second kappa shape index (κ2) is 9.64. The molecule has 28 heavy (non-hydrogen) atoms. The van der Waals surface area contributed by atoms with Gasteiger partial charge in [0.2, 0.25) is 16.9 Å². The van der Waals surface area contributed by atoms with Gasteiger partial charge in [-0.2, -0.15) is 0 Å². The first-order chi connectivity index (χ1) is 13.5. The molecular weight excluding hydrogens is 376 g/mol. The second-order valence-corrected chi connectivity index (χ2v) is 8.09. The van der Waals surface area contributed by atoms with Crippen molar-refractivity contribution in [2.45, 2.75) is 51.5 Å². The normalized spacial score (nSPS) is 15.2. The Morgan fingerprint density at radius 1 is 1.29 bits per heavy atom. The van der Waals surface area contributed by atoms with E-state index in [-0.39, 0.29) is 11.8 Å². The van der Waals surface area contributed by atoms with Gasteiger partial charge in [-0.3, -0.25) is 14.9 Å². The van der Waals surface area contributed by atoms with Crippen molar-refractivity contribution in [1.82, 2.24) is 15.5 Å². The summed E-state index contributed by atoms with van der Waals surface area (Å²) in [5, 5.41) is 14.7. The van der Waals surface area contributed by atoms with Crippen LogP contribution in [0.4, 0.5) is 5.13 Å². The lowest BCUT2D eigenvalue weighted by Crippen LogP contribution is -2.41. The van der Waals surface area contributed by atoms with Crippen LogP contribution in [0.2, 0.25) is 0 Å². The van der Waals surface area contributed by atoms with Crippen molar-refractivity contribution < 1.29 is 14.3 Å². The van der Waals surface area contributed by atoms with E-state index in [0.717, 1.165) is 17.7 Å². The standard InChI is InChI=1S/C20H26N4O3S/c1-13(21-17(25)11-10-14-6-3-4-7-14)18(26)22-20-24-23-19(28-20)15-8-5-9-16(12-15)27-2/h5,8-9,12-14H,3-4,6-7,10-11H2,1-2H3,(H,21,25)(H,22,24,26)/t13-/m0/s1. The highest BCUT2D eigenvalue weighted by molar-refractivity contribution is 7.18. The van der Waals surface area contributed by atoms with Gasteiger partial charge < -0.3 is 10.1 Å². The molecule has 150 valence electrons. The van der Waals surface area contributed by atoms with Crippen LogP contribution < -0.4 is 15.4 Å². The van der Waals surface area contributed by atoms with Crippen molar-refractivity contribution in [3.8, 4) is 16.3 Å². The van der Waals surface area contributed by atoms with Crippen LogP contribution in [0.1, 0.15) is 45.4 Å². The topological polar surface area (TPSA) is 93.2 Å². The van der Waals surface area contributed by atoms with E-state index < -0.39 is 6.04 Å². The van der Waals surface area contributed by atoms with Crippen LogP contribution in [0.3, 0.4) is 0 Å². The quantitative estimate of drug-likeness (QED) is 0.703. The molecule has 1 heterocycles. The molecule has 1 saturated carbocycles. The molecule has 1 aromatic heterocycles. The van der Waals surface area contributed by atoms with Crippen molar-refractivity contribution in [2.24, 2.45) is 5.92 Å². The number of ether oxygens (including phenoxy) is 1. The first kappa shape index (κ1) is 20.3. The molecule has 3 rings (SSSR count). The number of carbonyl (C=O) groups is 2. The molecule has 1 fully saturated rings. The minimum absolute atomic E-state index is 0.0797. The summed E-state index contributed by atoms with van der Waals surface area (Å²) in [6.45, 7) is 1.67. The molecule has 0 aliphatic heterocycles. The van der Waals surface area contributed by atoms with E-state index in [0.29, 0.717) is 22.5 Å². The van der Waals surface area contributed by atoms with Crippen LogP contribution in [0.5, 0.6) is 5.75 Å². The largest absolute Gasteiger partial charge is 0.497 e. The van der Waals surface area contributed by atoms with Crippen LogP contribution >= 0.6 is 11.3 Å². The smallest absolute Gasteiger partial charge is 0.248 e. The summed E-state index contributed by atoms with van der Waals surface area (Å²) in [6.07, 6.45) is 6.35. The van der Waals surface area contributed by atoms with Gasteiger partial charge in [0.05, 0.1) is 7.11 Å². The van der Waals surface area contributed by atoms with Crippen molar-refractivity contribution >= 4 is 28.3 Å². The van der Waals surface area contributed by atoms with Gasteiger partial charge in [0.1, 0.15) is 16.8 Å². The lowest BCUT2D eigenvalue weighted by atomic mass is 10.0. The summed E-state index contributed by atoms with van der Waals surface area (Å²) in [7, 11) is 1.61. The molecule has 1 aromatic carbocycles. The summed E-state index contributed by atoms with van der Waals surface area (Å²) in [4.78, 5) is 24.4. The molecule has 0 unspecified atom stereocenters. The number of benzene rings is 1. The van der Waals surface area contributed by atoms with Gasteiger partial charge in [-0.15, -0.1) is 10.2 Å². The molecule has 1 atom stereocenters. The first-order valence-corrected chi connectivity index (χ1v) is 10.4. The molecule has 2 N–H and O–H groups in total. The minimum Gasteiger partial charge on any atom is -0.497 e. The van der Waals surface area contributed by atoms with E-state index in [9.17, 15) is 9.59 Å². The zero-order valence-electron chi connectivity index (χ0n) is 16.2. The van der Waals surface area contributed by atoms with Crippen molar-refractivity contribution in [2.75, 3.05) is 12.4 Å². The highest BCUT2D eigenvalue weighted by Gasteiger charge is 2.20. The predicted octanol–water partition coefficient (Wildman–Crippen LogP) is 3.63. The number of carbonyl (C=O) groups excluding carboxylic acids is 2. The van der Waals surface area contributed by atoms with Gasteiger partial charge in [0, 0.05) is 12.0 Å². The van der Waals surface area contributed by atoms with Gasteiger partial charge >= 0.3 is 0 Å². The third-order valence-electron chi connectivity index (χ3n) is 5.00. The fraction of sp³-hybridized carbons (Fsp3) is 0.500. The van der Waals surface area contributed by atoms with E-state index in [2.05, 4.69) is 20.8 Å². The van der Waals surface area contributed by atoms with E-state index in [1.54, 1.807) is 14.0 Å². The number of nitrogens with one attached hydrogen (secondary N) is 2. The molecule has 0 saturated heterocycles. The van der Waals surface area contributed by atoms with Crippen LogP contribution in [-0.4, -0.2) is 35.2 Å². The van der Waals surface area contributed by atoms with Gasteiger partial charge in [-0.1, -0.05) is 49.2 Å². The SMILES string of the molecule is COc1cccc(-c2nnc(NC(=O)[C@H](C)NC(=O)CCC3CCCC3)s2)c1. The number of anilines is 1. The summed E-state index contributed by atoms with van der Waals surface area (Å²) in [5.74, 6) is 1.00. The zero-order valence-corrected chi connectivity index (χ0v) is 17.1. The molecule has 1 aliphatic rings. The average Bonchev–Trinajstić information content (AvgIpc) is 3.38. The zero-order chi connectivity index (χ0) is 19.9. The Balaban J connectivity index is 1.49. The van der Waals surface area contributed by atoms with Gasteiger partial charge in [0.25, 0.3) is 0 Å². The Morgan fingerprint density at radius 3 is 2.82 bits per heavy atom. The first-order valence-electron chi connectivity index (χ1n) is 9.63. The summed E-state index contributed by atoms with van der Waals surface area (Å²) >= 11 is 1.27. The monoisotopic (exact) mass is 402 g/mol. The maximum Gasteiger partial charge on any atom is 0.248 e. The number of amides is 2. The van der Waals surface area contributed by atoms with Gasteiger partial charge in [-0.05, 0) is 31.4 Å². The third kappa shape index (κ3) is 5.51. The summed E-state index contributed by atoms with van der Waals surface area (Å²) < 4.78 is 5.21. The lowest BCUT2D eigenvalue weighted by molar-refractivity contribution is -0.126. The minimum atomic E-state index is -0.625. The maximum atomic E-state index is 12.3. The number of rotatable bonds is 8. The molecule has 1 aliphatic carbocycles. The van der Waals surface area contributed by atoms with Crippen LogP contribution in [-0.2, 0) is 9.59 Å². The molecular formula is C20H26N4O3S. The Hall–Kier alpha value is -2.48. The van der Waals surface area contributed by atoms with E-state index in [1.165, 1.54) is 37.0 Å². The molecule has 0 bridgehead atoms. The molecule has 2 aromatic rings. The van der Waals surface area contributed by atoms with E-state index in [4.69, 9.17) is 4.74 Å². The fourth-order valence-electron chi connectivity index (χ4n) is 3.37. The third-order valence-corrected chi connectivity index (χ3v) is 5.88. The Labute approximate surface area is 168 Å². The number of aromatic nitrogens is 2. The summed E-state index contributed by atoms with van der Waals surface area (Å²) in [6, 6.07) is 6.86. The Bertz CT molecular complexity index is 817. The molecule has 2 amide bonds. The van der Waals surface area contributed by atoms with Crippen molar-refractivity contribution in [3.05, 3.63) is 24.3 Å². The van der Waals surface area contributed by atoms with Crippen molar-refractivity contribution in [1.29, 1.82) is 0 Å². The summed E-state index contributed by atoms with van der Waals surface area (Å²) in [5.41, 5.74) is 0.866. The van der Waals surface area contributed by atoms with Crippen LogP contribution in [0, 0.1) is 5.92 Å². The molecule has 0 spiro atoms. The van der Waals surface area contributed by atoms with E-state index >= 15 is 0 Å². The number of hydrogen-bond donors (Lipinski definition) is 2. The molecule has 7 nitrogen and oxygen atoms in total. The van der Waals surface area contributed by atoms with Gasteiger partial charge in [0.15, 0.2) is 0 Å². The van der Waals surface area contributed by atoms with Gasteiger partial charge in [-0.25, -0.2) is 0 Å². The Kier molecular flexibility index (Phi) is 6.97. The van der Waals surface area contributed by atoms with E-state index in [1.807, 2.05) is 24.3 Å².